The van der Waals surface area contributed by atoms with Gasteiger partial charge in [-0.3, -0.25) is 0 Å². The van der Waals surface area contributed by atoms with Crippen LogP contribution in [0.5, 0.6) is 23.0 Å². The Morgan fingerprint density at radius 3 is 1.40 bits per heavy atom. The normalized spacial score (nSPS) is 12.7. The number of hydrogen-bond donors (Lipinski definition) is 0. The Kier molecular flexibility index (Phi) is 18.3. The molecule has 0 aromatic heterocycles. The first-order valence-electron chi connectivity index (χ1n) is 16.5. The van der Waals surface area contributed by atoms with Gasteiger partial charge < -0.3 is 24.1 Å². The Hall–Kier alpha value is -1.69. The van der Waals surface area contributed by atoms with Gasteiger partial charge >= 0.3 is 29.6 Å². The number of unbranched alkanes of at least 4 members (excludes halogenated alkanes) is 12. The van der Waals surface area contributed by atoms with Gasteiger partial charge in [0.05, 0.1) is 13.2 Å². The topological polar surface area (TPSA) is 67.8 Å². The molecule has 0 saturated carbocycles. The van der Waals surface area contributed by atoms with Crippen LogP contribution in [-0.2, 0) is 30.5 Å². The quantitative estimate of drug-likeness (QED) is 0.165. The molecule has 0 aliphatic carbocycles. The van der Waals surface area contributed by atoms with E-state index in [2.05, 4.69) is 38.1 Å². The van der Waals surface area contributed by atoms with Crippen molar-refractivity contribution in [3.63, 3.8) is 0 Å². The molecule has 0 N–H and O–H groups in total. The maximum atomic E-state index is 8.89. The van der Waals surface area contributed by atoms with E-state index in [1.165, 1.54) is 112 Å². The second kappa shape index (κ2) is 21.1. The van der Waals surface area contributed by atoms with Gasteiger partial charge in [-0.1, -0.05) is 103 Å². The number of carboxylic acid groups (broad SMARTS) is 1. The van der Waals surface area contributed by atoms with E-state index in [4.69, 9.17) is 24.1 Å². The smallest absolute Gasteiger partial charge is 0.550 e. The summed E-state index contributed by atoms with van der Waals surface area (Å²) in [6.45, 7) is 7.06. The zero-order valence-electron chi connectivity index (χ0n) is 27.0. The second-order valence-electron chi connectivity index (χ2n) is 11.6. The van der Waals surface area contributed by atoms with Crippen LogP contribution in [0.1, 0.15) is 133 Å². The molecule has 0 atom stereocenters. The SMILES string of the molecule is CC(=O)[O-].CCCCCCCCCc1ccc(Oc2ccc(CCCCCCCCC)c3c2CCO3)c2c1OCC2.[Na+]. The first kappa shape index (κ1) is 36.5. The fourth-order valence-electron chi connectivity index (χ4n) is 5.91. The average molecular weight is 589 g/mol. The molecule has 2 aromatic rings. The van der Waals surface area contributed by atoms with E-state index in [0.29, 0.717) is 0 Å². The van der Waals surface area contributed by atoms with Gasteiger partial charge in [-0.2, -0.15) is 0 Å². The number of ether oxygens (including phenoxy) is 3. The van der Waals surface area contributed by atoms with Crippen molar-refractivity contribution < 1.29 is 53.7 Å². The van der Waals surface area contributed by atoms with Crippen molar-refractivity contribution >= 4 is 5.97 Å². The fraction of sp³-hybridized carbons (Fsp3) is 0.639. The van der Waals surface area contributed by atoms with Crippen LogP contribution in [0, 0.1) is 0 Å². The van der Waals surface area contributed by atoms with Crippen LogP contribution in [0.15, 0.2) is 24.3 Å². The van der Waals surface area contributed by atoms with Gasteiger partial charge in [0, 0.05) is 29.9 Å². The third-order valence-electron chi connectivity index (χ3n) is 8.11. The van der Waals surface area contributed by atoms with Crippen LogP contribution in [0.3, 0.4) is 0 Å². The fourth-order valence-corrected chi connectivity index (χ4v) is 5.91. The minimum Gasteiger partial charge on any atom is -0.550 e. The van der Waals surface area contributed by atoms with Crippen molar-refractivity contribution in [1.29, 1.82) is 0 Å². The molecule has 4 rings (SSSR count). The van der Waals surface area contributed by atoms with Gasteiger partial charge in [0.25, 0.3) is 0 Å². The monoisotopic (exact) mass is 588 g/mol. The van der Waals surface area contributed by atoms with Gasteiger partial charge in [0.2, 0.25) is 0 Å². The van der Waals surface area contributed by atoms with E-state index < -0.39 is 5.97 Å². The number of fused-ring (bicyclic) bond motifs is 2. The van der Waals surface area contributed by atoms with Crippen molar-refractivity contribution in [2.75, 3.05) is 13.2 Å². The van der Waals surface area contributed by atoms with Crippen molar-refractivity contribution in [2.24, 2.45) is 0 Å². The Morgan fingerprint density at radius 2 is 1.02 bits per heavy atom. The molecule has 42 heavy (non-hydrogen) atoms. The molecule has 228 valence electrons. The molecular weight excluding hydrogens is 535 g/mol. The van der Waals surface area contributed by atoms with Gasteiger partial charge in [-0.15, -0.1) is 0 Å². The molecule has 6 heteroatoms. The van der Waals surface area contributed by atoms with Crippen LogP contribution in [-0.4, -0.2) is 19.2 Å². The zero-order valence-corrected chi connectivity index (χ0v) is 29.0. The summed E-state index contributed by atoms with van der Waals surface area (Å²) in [4.78, 5) is 8.89. The number of rotatable bonds is 18. The zero-order chi connectivity index (χ0) is 29.3. The van der Waals surface area contributed by atoms with Crippen LogP contribution >= 0.6 is 0 Å². The minimum atomic E-state index is -1.08. The molecule has 0 amide bonds. The molecular formula is C36H53NaO5. The molecule has 2 aromatic carbocycles. The number of carbonyl (C=O) groups is 1. The summed E-state index contributed by atoms with van der Waals surface area (Å²) in [5.41, 5.74) is 5.21. The summed E-state index contributed by atoms with van der Waals surface area (Å²) >= 11 is 0. The van der Waals surface area contributed by atoms with Crippen molar-refractivity contribution in [3.8, 4) is 23.0 Å². The standard InChI is InChI=1S/C34H50O3.C2H4O2.Na/c1-3-5-7-9-11-13-15-17-27-19-21-31(29-23-25-35-33(27)29)37-32-22-20-28(34-30(32)24-26-36-34)18-16-14-12-10-8-6-4-2;1-2(3)4;/h19-22H,3-18,23-26H2,1-2H3;1H3,(H,3,4);/q;;+1/p-1. The molecule has 0 fully saturated rings. The maximum Gasteiger partial charge on any atom is 1.00 e. The van der Waals surface area contributed by atoms with E-state index in [-0.39, 0.29) is 29.6 Å². The first-order valence-corrected chi connectivity index (χ1v) is 16.5. The number of aryl methyl sites for hydroxylation is 2. The van der Waals surface area contributed by atoms with Gasteiger partial charge in [-0.25, -0.2) is 0 Å². The second-order valence-corrected chi connectivity index (χ2v) is 11.6. The first-order chi connectivity index (χ1) is 20.0. The molecule has 0 unspecified atom stereocenters. The van der Waals surface area contributed by atoms with Crippen LogP contribution in [0.4, 0.5) is 0 Å². The predicted molar refractivity (Wildman–Crippen MR) is 165 cm³/mol. The van der Waals surface area contributed by atoms with Crippen molar-refractivity contribution in [3.05, 3.63) is 46.5 Å². The Bertz CT molecular complexity index is 986. The largest absolute Gasteiger partial charge is 1.00 e. The minimum absolute atomic E-state index is 0. The van der Waals surface area contributed by atoms with E-state index >= 15 is 0 Å². The van der Waals surface area contributed by atoms with Crippen molar-refractivity contribution in [1.82, 2.24) is 0 Å². The van der Waals surface area contributed by atoms with Crippen LogP contribution in [0.25, 0.3) is 0 Å². The third-order valence-corrected chi connectivity index (χ3v) is 8.11. The summed E-state index contributed by atoms with van der Waals surface area (Å²) in [5.74, 6) is 3.02. The third kappa shape index (κ3) is 12.1. The molecule has 5 nitrogen and oxygen atoms in total. The summed E-state index contributed by atoms with van der Waals surface area (Å²) in [7, 11) is 0. The summed E-state index contributed by atoms with van der Waals surface area (Å²) in [6.07, 6.45) is 22.8. The Balaban J connectivity index is 0.00000116. The maximum absolute atomic E-state index is 8.89. The van der Waals surface area contributed by atoms with E-state index in [9.17, 15) is 0 Å². The number of aliphatic carboxylic acids is 1. The molecule has 0 radical (unpaired) electrons. The number of benzene rings is 2. The van der Waals surface area contributed by atoms with Gasteiger partial charge in [0.15, 0.2) is 0 Å². The van der Waals surface area contributed by atoms with E-state index in [1.807, 2.05) is 0 Å². The molecule has 2 aliphatic heterocycles. The predicted octanol–water partition coefficient (Wildman–Crippen LogP) is 5.70. The average Bonchev–Trinajstić information content (AvgIpc) is 3.65. The Morgan fingerprint density at radius 1 is 0.667 bits per heavy atom. The molecule has 0 saturated heterocycles. The number of hydrogen-bond acceptors (Lipinski definition) is 5. The van der Waals surface area contributed by atoms with Crippen LogP contribution in [0.2, 0.25) is 0 Å². The Labute approximate surface area is 277 Å². The molecule has 2 aliphatic rings. The van der Waals surface area contributed by atoms with Gasteiger partial charge in [-0.05, 0) is 55.9 Å². The van der Waals surface area contributed by atoms with Crippen molar-refractivity contribution in [2.45, 2.75) is 136 Å². The number of carboxylic acids is 1. The van der Waals surface area contributed by atoms with Crippen LogP contribution < -0.4 is 48.9 Å². The van der Waals surface area contributed by atoms with E-state index in [1.54, 1.807) is 0 Å². The summed E-state index contributed by atoms with van der Waals surface area (Å²) in [6, 6.07) is 8.84. The summed E-state index contributed by atoms with van der Waals surface area (Å²) in [5, 5.41) is 8.89. The summed E-state index contributed by atoms with van der Waals surface area (Å²) < 4.78 is 18.8. The molecule has 0 spiro atoms. The number of carbonyl (C=O) groups excluding carboxylic acids is 1. The molecule has 0 bridgehead atoms. The molecule has 2 heterocycles. The van der Waals surface area contributed by atoms with Gasteiger partial charge in [0.1, 0.15) is 23.0 Å². The van der Waals surface area contributed by atoms with E-state index in [0.717, 1.165) is 68.8 Å².